The number of nitrogens with zero attached hydrogens (tertiary/aromatic N) is 1. The van der Waals surface area contributed by atoms with Gasteiger partial charge in [0, 0.05) is 17.3 Å². The van der Waals surface area contributed by atoms with Gasteiger partial charge >= 0.3 is 0 Å². The molecular weight excluding hydrogens is 428 g/mol. The second-order valence-electron chi connectivity index (χ2n) is 6.81. The van der Waals surface area contributed by atoms with Crippen molar-refractivity contribution in [1.82, 2.24) is 0 Å². The summed E-state index contributed by atoms with van der Waals surface area (Å²) in [4.78, 5) is 12.4. The summed E-state index contributed by atoms with van der Waals surface area (Å²) in [6.45, 7) is 0.426. The van der Waals surface area contributed by atoms with E-state index >= 15 is 0 Å². The summed E-state index contributed by atoms with van der Waals surface area (Å²) in [7, 11) is -3.60. The van der Waals surface area contributed by atoms with Gasteiger partial charge in [-0.3, -0.25) is 9.10 Å². The van der Waals surface area contributed by atoms with Crippen LogP contribution in [0, 0.1) is 0 Å². The van der Waals surface area contributed by atoms with Gasteiger partial charge in [-0.05, 0) is 59.7 Å². The number of sulfonamides is 1. The van der Waals surface area contributed by atoms with E-state index in [2.05, 4.69) is 5.32 Å². The Bertz CT molecular complexity index is 1130. The van der Waals surface area contributed by atoms with Crippen LogP contribution >= 0.6 is 22.9 Å². The van der Waals surface area contributed by atoms with Crippen LogP contribution in [0.2, 0.25) is 5.02 Å². The number of hydrogen-bond acceptors (Lipinski definition) is 4. The van der Waals surface area contributed by atoms with Crippen LogP contribution in [0.5, 0.6) is 0 Å². The summed E-state index contributed by atoms with van der Waals surface area (Å²) < 4.78 is 27.9. The van der Waals surface area contributed by atoms with E-state index in [1.165, 1.54) is 15.6 Å². The van der Waals surface area contributed by atoms with Crippen LogP contribution in [0.3, 0.4) is 0 Å². The fourth-order valence-electron chi connectivity index (χ4n) is 3.38. The summed E-state index contributed by atoms with van der Waals surface area (Å²) in [6.07, 6.45) is 1.79. The van der Waals surface area contributed by atoms with Gasteiger partial charge in [-0.2, -0.15) is 0 Å². The maximum atomic E-state index is 13.1. The van der Waals surface area contributed by atoms with Crippen LogP contribution < -0.4 is 9.62 Å². The second kappa shape index (κ2) is 8.18. The monoisotopic (exact) mass is 446 g/mol. The SMILES string of the molecule is O=C(Cc1ccc(Cl)cc1)Nc1ccc2c(c1)N(S(=O)(=O)c1cccs1)CCC2. The van der Waals surface area contributed by atoms with Gasteiger partial charge in [0.25, 0.3) is 10.0 Å². The quantitative estimate of drug-likeness (QED) is 0.616. The molecule has 2 heterocycles. The van der Waals surface area contributed by atoms with Crippen LogP contribution in [-0.2, 0) is 27.7 Å². The third-order valence-corrected chi connectivity index (χ3v) is 8.20. The van der Waals surface area contributed by atoms with E-state index in [0.717, 1.165) is 24.0 Å². The average molecular weight is 447 g/mol. The number of benzene rings is 2. The molecule has 0 bridgehead atoms. The van der Waals surface area contributed by atoms with E-state index < -0.39 is 10.0 Å². The topological polar surface area (TPSA) is 66.5 Å². The number of hydrogen-bond donors (Lipinski definition) is 1. The van der Waals surface area contributed by atoms with Gasteiger partial charge in [-0.1, -0.05) is 35.9 Å². The predicted molar refractivity (Wildman–Crippen MR) is 117 cm³/mol. The molecule has 0 spiro atoms. The molecule has 5 nitrogen and oxygen atoms in total. The van der Waals surface area contributed by atoms with Crippen molar-refractivity contribution in [3.8, 4) is 0 Å². The molecule has 0 saturated carbocycles. The highest BCUT2D eigenvalue weighted by atomic mass is 35.5. The van der Waals surface area contributed by atoms with Crippen molar-refractivity contribution in [2.75, 3.05) is 16.2 Å². The molecule has 0 saturated heterocycles. The van der Waals surface area contributed by atoms with Crippen molar-refractivity contribution in [3.05, 3.63) is 76.1 Å². The molecule has 1 N–H and O–H groups in total. The minimum atomic E-state index is -3.60. The first kappa shape index (κ1) is 19.9. The zero-order valence-corrected chi connectivity index (χ0v) is 17.9. The van der Waals surface area contributed by atoms with Gasteiger partial charge in [-0.15, -0.1) is 11.3 Å². The van der Waals surface area contributed by atoms with Crippen LogP contribution in [0.4, 0.5) is 11.4 Å². The molecule has 1 amide bonds. The second-order valence-corrected chi connectivity index (χ2v) is 10.3. The number of carbonyl (C=O) groups is 1. The van der Waals surface area contributed by atoms with E-state index in [-0.39, 0.29) is 12.3 Å². The Morgan fingerprint density at radius 1 is 1.14 bits per heavy atom. The lowest BCUT2D eigenvalue weighted by Crippen LogP contribution is -2.35. The van der Waals surface area contributed by atoms with Crippen LogP contribution in [0.15, 0.2) is 64.2 Å². The number of rotatable bonds is 5. The number of amides is 1. The van der Waals surface area contributed by atoms with E-state index in [1.54, 1.807) is 35.7 Å². The maximum absolute atomic E-state index is 13.1. The standard InChI is InChI=1S/C21H19ClN2O3S2/c22-17-8-5-15(6-9-17)13-20(25)23-18-10-7-16-3-1-11-24(19(16)14-18)29(26,27)21-4-2-12-28-21/h2,4-10,12,14H,1,3,11,13H2,(H,23,25). The molecule has 2 aromatic carbocycles. The molecule has 29 heavy (non-hydrogen) atoms. The van der Waals surface area contributed by atoms with Gasteiger partial charge in [0.15, 0.2) is 0 Å². The molecule has 4 rings (SSSR count). The summed E-state index contributed by atoms with van der Waals surface area (Å²) in [5, 5.41) is 5.25. The highest BCUT2D eigenvalue weighted by Gasteiger charge is 2.30. The lowest BCUT2D eigenvalue weighted by atomic mass is 10.0. The van der Waals surface area contributed by atoms with Gasteiger partial charge < -0.3 is 5.32 Å². The largest absolute Gasteiger partial charge is 0.326 e. The number of carbonyl (C=O) groups excluding carboxylic acids is 1. The zero-order chi connectivity index (χ0) is 20.4. The van der Waals surface area contributed by atoms with Crippen molar-refractivity contribution in [2.24, 2.45) is 0 Å². The average Bonchev–Trinajstić information content (AvgIpc) is 3.25. The molecule has 1 aromatic heterocycles. The number of anilines is 2. The van der Waals surface area contributed by atoms with E-state index in [0.29, 0.717) is 27.2 Å². The Morgan fingerprint density at radius 3 is 2.66 bits per heavy atom. The molecule has 3 aromatic rings. The number of halogens is 1. The third-order valence-electron chi connectivity index (χ3n) is 4.76. The minimum Gasteiger partial charge on any atom is -0.326 e. The molecule has 150 valence electrons. The zero-order valence-electron chi connectivity index (χ0n) is 15.5. The van der Waals surface area contributed by atoms with Gasteiger partial charge in [0.2, 0.25) is 5.91 Å². The molecule has 0 atom stereocenters. The number of fused-ring (bicyclic) bond motifs is 1. The van der Waals surface area contributed by atoms with Crippen LogP contribution in [0.25, 0.3) is 0 Å². The molecule has 8 heteroatoms. The van der Waals surface area contributed by atoms with Crippen molar-refractivity contribution in [2.45, 2.75) is 23.5 Å². The molecular formula is C21H19ClN2O3S2. The summed E-state index contributed by atoms with van der Waals surface area (Å²) >= 11 is 7.09. The minimum absolute atomic E-state index is 0.171. The van der Waals surface area contributed by atoms with E-state index in [1.807, 2.05) is 24.3 Å². The van der Waals surface area contributed by atoms with Crippen molar-refractivity contribution in [3.63, 3.8) is 0 Å². The van der Waals surface area contributed by atoms with Crippen molar-refractivity contribution < 1.29 is 13.2 Å². The lowest BCUT2D eigenvalue weighted by molar-refractivity contribution is -0.115. The Morgan fingerprint density at radius 2 is 1.93 bits per heavy atom. The van der Waals surface area contributed by atoms with Crippen LogP contribution in [-0.4, -0.2) is 20.9 Å². The van der Waals surface area contributed by atoms with Gasteiger partial charge in [-0.25, -0.2) is 8.42 Å². The van der Waals surface area contributed by atoms with E-state index in [9.17, 15) is 13.2 Å². The fraction of sp³-hybridized carbons (Fsp3) is 0.190. The Labute approximate surface area is 179 Å². The number of aryl methyl sites for hydroxylation is 1. The Kier molecular flexibility index (Phi) is 5.63. The highest BCUT2D eigenvalue weighted by molar-refractivity contribution is 7.94. The first-order valence-corrected chi connectivity index (χ1v) is 11.9. The Hall–Kier alpha value is -2.35. The Balaban J connectivity index is 1.57. The number of nitrogens with one attached hydrogen (secondary N) is 1. The third kappa shape index (κ3) is 4.32. The van der Waals surface area contributed by atoms with E-state index in [4.69, 9.17) is 11.6 Å². The van der Waals surface area contributed by atoms with Gasteiger partial charge in [0.1, 0.15) is 4.21 Å². The highest BCUT2D eigenvalue weighted by Crippen LogP contribution is 2.35. The smallest absolute Gasteiger partial charge is 0.273 e. The first-order chi connectivity index (χ1) is 13.9. The molecule has 0 fully saturated rings. The summed E-state index contributed by atoms with van der Waals surface area (Å²) in [5.74, 6) is -0.171. The lowest BCUT2D eigenvalue weighted by Gasteiger charge is -2.30. The predicted octanol–water partition coefficient (Wildman–Crippen LogP) is 4.72. The number of thiophene rings is 1. The van der Waals surface area contributed by atoms with Crippen molar-refractivity contribution >= 4 is 50.2 Å². The molecule has 0 aliphatic carbocycles. The summed E-state index contributed by atoms with van der Waals surface area (Å²) in [5.41, 5.74) is 3.03. The van der Waals surface area contributed by atoms with Crippen molar-refractivity contribution in [1.29, 1.82) is 0 Å². The van der Waals surface area contributed by atoms with Crippen LogP contribution in [0.1, 0.15) is 17.5 Å². The summed E-state index contributed by atoms with van der Waals surface area (Å²) in [6, 6.07) is 15.9. The normalized spacial score (nSPS) is 13.8. The first-order valence-electron chi connectivity index (χ1n) is 9.17. The molecule has 1 aliphatic rings. The van der Waals surface area contributed by atoms with Gasteiger partial charge in [0.05, 0.1) is 12.1 Å². The molecule has 0 radical (unpaired) electrons. The molecule has 1 aliphatic heterocycles. The molecule has 0 unspecified atom stereocenters. The fourth-order valence-corrected chi connectivity index (χ4v) is 6.14. The maximum Gasteiger partial charge on any atom is 0.273 e.